The summed E-state index contributed by atoms with van der Waals surface area (Å²) in [5.74, 6) is 1.86. The molecule has 188 valence electrons. The zero-order chi connectivity index (χ0) is 25.2. The third-order valence-corrected chi connectivity index (χ3v) is 7.06. The molecule has 36 heavy (non-hydrogen) atoms. The molecule has 0 unspecified atom stereocenters. The Bertz CT molecular complexity index is 1370. The Morgan fingerprint density at radius 2 is 1.86 bits per heavy atom. The van der Waals surface area contributed by atoms with Crippen molar-refractivity contribution in [2.24, 2.45) is 0 Å². The molecule has 0 spiro atoms. The second-order valence-corrected chi connectivity index (χ2v) is 10.2. The lowest BCUT2D eigenvalue weighted by atomic mass is 10.0. The minimum atomic E-state index is 0.218. The van der Waals surface area contributed by atoms with E-state index in [1.807, 2.05) is 26.2 Å². The van der Waals surface area contributed by atoms with Crippen molar-refractivity contribution < 1.29 is 9.47 Å². The van der Waals surface area contributed by atoms with Crippen molar-refractivity contribution in [1.29, 1.82) is 0 Å². The van der Waals surface area contributed by atoms with Crippen LogP contribution in [0.1, 0.15) is 20.3 Å². The van der Waals surface area contributed by atoms with Gasteiger partial charge in [0.25, 0.3) is 0 Å². The standard InChI is InChI=1S/C26H31N7O2S/c1-16(2)28-10-5-11-33-25-23(24(27)29-14-30-25)31-26(33)36-22-13-21-20(34-15-35-21)12-19(22)17-6-8-18(9-7-17)32(3)4/h6-9,12-14,16,28H,5,10-11,15H2,1-4H3,(H2,27,29,30). The van der Waals surface area contributed by atoms with E-state index >= 15 is 0 Å². The fourth-order valence-corrected chi connectivity index (χ4v) is 5.19. The lowest BCUT2D eigenvalue weighted by Crippen LogP contribution is -2.24. The number of nitrogen functional groups attached to an aromatic ring is 1. The summed E-state index contributed by atoms with van der Waals surface area (Å²) < 4.78 is 13.5. The van der Waals surface area contributed by atoms with Gasteiger partial charge in [-0.15, -0.1) is 0 Å². The number of hydrogen-bond acceptors (Lipinski definition) is 9. The number of aryl methyl sites for hydroxylation is 1. The maximum atomic E-state index is 6.17. The van der Waals surface area contributed by atoms with E-state index in [2.05, 4.69) is 62.9 Å². The highest BCUT2D eigenvalue weighted by molar-refractivity contribution is 7.99. The van der Waals surface area contributed by atoms with E-state index in [1.54, 1.807) is 11.8 Å². The highest BCUT2D eigenvalue weighted by Gasteiger charge is 2.22. The average Bonchev–Trinajstić information content (AvgIpc) is 3.46. The third kappa shape index (κ3) is 4.91. The lowest BCUT2D eigenvalue weighted by Gasteiger charge is -2.15. The minimum absolute atomic E-state index is 0.218. The van der Waals surface area contributed by atoms with Crippen molar-refractivity contribution >= 4 is 34.4 Å². The molecule has 3 heterocycles. The molecule has 5 rings (SSSR count). The molecule has 0 bridgehead atoms. The monoisotopic (exact) mass is 505 g/mol. The number of nitrogens with one attached hydrogen (secondary N) is 1. The summed E-state index contributed by atoms with van der Waals surface area (Å²) in [4.78, 5) is 16.6. The Kier molecular flexibility index (Phi) is 6.88. The van der Waals surface area contributed by atoms with Crippen molar-refractivity contribution in [3.05, 3.63) is 42.7 Å². The highest BCUT2D eigenvalue weighted by atomic mass is 32.2. The van der Waals surface area contributed by atoms with E-state index < -0.39 is 0 Å². The second-order valence-electron chi connectivity index (χ2n) is 9.18. The molecule has 1 aliphatic heterocycles. The smallest absolute Gasteiger partial charge is 0.231 e. The Hall–Kier alpha value is -3.50. The first-order valence-electron chi connectivity index (χ1n) is 12.0. The Labute approximate surface area is 215 Å². The van der Waals surface area contributed by atoms with Crippen molar-refractivity contribution in [2.45, 2.75) is 42.9 Å². The summed E-state index contributed by atoms with van der Waals surface area (Å²) in [7, 11) is 4.07. The molecule has 2 aromatic heterocycles. The quantitative estimate of drug-likeness (QED) is 0.320. The van der Waals surface area contributed by atoms with E-state index in [0.717, 1.165) is 63.5 Å². The summed E-state index contributed by atoms with van der Waals surface area (Å²) in [5, 5.41) is 4.29. The van der Waals surface area contributed by atoms with Crippen LogP contribution in [0.4, 0.5) is 11.5 Å². The predicted octanol–water partition coefficient (Wildman–Crippen LogP) is 4.41. The van der Waals surface area contributed by atoms with Crippen LogP contribution >= 0.6 is 11.8 Å². The summed E-state index contributed by atoms with van der Waals surface area (Å²) in [6.07, 6.45) is 2.43. The molecule has 0 saturated heterocycles. The number of benzene rings is 2. The van der Waals surface area contributed by atoms with Crippen LogP contribution in [0.25, 0.3) is 22.3 Å². The maximum Gasteiger partial charge on any atom is 0.231 e. The zero-order valence-corrected chi connectivity index (χ0v) is 21.8. The van der Waals surface area contributed by atoms with Crippen molar-refractivity contribution in [3.63, 3.8) is 0 Å². The molecule has 0 saturated carbocycles. The van der Waals surface area contributed by atoms with Gasteiger partial charge in [-0.05, 0) is 48.4 Å². The van der Waals surface area contributed by atoms with Gasteiger partial charge in [0, 0.05) is 37.3 Å². The van der Waals surface area contributed by atoms with E-state index in [1.165, 1.54) is 6.33 Å². The number of rotatable bonds is 9. The molecule has 10 heteroatoms. The summed E-state index contributed by atoms with van der Waals surface area (Å²) in [6, 6.07) is 13.0. The Balaban J connectivity index is 1.54. The first-order chi connectivity index (χ1) is 17.4. The topological polar surface area (TPSA) is 103 Å². The highest BCUT2D eigenvalue weighted by Crippen LogP contribution is 2.45. The van der Waals surface area contributed by atoms with Crippen LogP contribution in [0, 0.1) is 0 Å². The molecular formula is C26H31N7O2S. The molecular weight excluding hydrogens is 474 g/mol. The number of imidazole rings is 1. The van der Waals surface area contributed by atoms with E-state index in [9.17, 15) is 0 Å². The lowest BCUT2D eigenvalue weighted by molar-refractivity contribution is 0.174. The predicted molar refractivity (Wildman–Crippen MR) is 144 cm³/mol. The summed E-state index contributed by atoms with van der Waals surface area (Å²) >= 11 is 1.57. The zero-order valence-electron chi connectivity index (χ0n) is 21.0. The van der Waals surface area contributed by atoms with Crippen molar-refractivity contribution in [3.8, 4) is 22.6 Å². The van der Waals surface area contributed by atoms with E-state index in [-0.39, 0.29) is 6.79 Å². The van der Waals surface area contributed by atoms with Crippen molar-refractivity contribution in [2.75, 3.05) is 38.1 Å². The minimum Gasteiger partial charge on any atom is -0.454 e. The number of hydrogen-bond donors (Lipinski definition) is 2. The molecule has 1 aliphatic rings. The first-order valence-corrected chi connectivity index (χ1v) is 12.8. The van der Waals surface area contributed by atoms with Crippen LogP contribution in [-0.2, 0) is 6.54 Å². The van der Waals surface area contributed by atoms with Gasteiger partial charge in [-0.1, -0.05) is 37.7 Å². The number of ether oxygens (including phenoxy) is 2. The van der Waals surface area contributed by atoms with Crippen molar-refractivity contribution in [1.82, 2.24) is 24.8 Å². The van der Waals surface area contributed by atoms with E-state index in [0.29, 0.717) is 17.4 Å². The normalized spacial score (nSPS) is 12.6. The molecule has 0 aliphatic carbocycles. The number of fused-ring (bicyclic) bond motifs is 2. The van der Waals surface area contributed by atoms with Crippen LogP contribution in [0.15, 0.2) is 52.8 Å². The van der Waals surface area contributed by atoms with Gasteiger partial charge < -0.3 is 30.0 Å². The Morgan fingerprint density at radius 1 is 1.11 bits per heavy atom. The largest absolute Gasteiger partial charge is 0.454 e. The van der Waals surface area contributed by atoms with Gasteiger partial charge in [-0.3, -0.25) is 0 Å². The SMILES string of the molecule is CC(C)NCCCn1c(Sc2cc3c(cc2-c2ccc(N(C)C)cc2)OCO3)nc2c(N)ncnc21. The first kappa shape index (κ1) is 24.2. The van der Waals surface area contributed by atoms with Crippen LogP contribution in [0.2, 0.25) is 0 Å². The number of anilines is 2. The third-order valence-electron chi connectivity index (χ3n) is 6.01. The molecule has 3 N–H and O–H groups in total. The van der Waals surface area contributed by atoms with Gasteiger partial charge in [0.05, 0.1) is 0 Å². The van der Waals surface area contributed by atoms with Crippen LogP contribution in [-0.4, -0.2) is 53.0 Å². The van der Waals surface area contributed by atoms with Crippen LogP contribution in [0.5, 0.6) is 11.5 Å². The second kappa shape index (κ2) is 10.2. The summed E-state index contributed by atoms with van der Waals surface area (Å²) in [5.41, 5.74) is 10.8. The average molecular weight is 506 g/mol. The Morgan fingerprint density at radius 3 is 2.58 bits per heavy atom. The van der Waals surface area contributed by atoms with E-state index in [4.69, 9.17) is 20.2 Å². The molecule has 0 radical (unpaired) electrons. The van der Waals surface area contributed by atoms with Crippen LogP contribution < -0.4 is 25.4 Å². The number of nitrogens with two attached hydrogens (primary N) is 1. The van der Waals surface area contributed by atoms with Gasteiger partial charge >= 0.3 is 0 Å². The fraction of sp³-hybridized carbons (Fsp3) is 0.346. The molecule has 0 fully saturated rings. The molecule has 0 atom stereocenters. The number of aromatic nitrogens is 4. The van der Waals surface area contributed by atoms with Gasteiger partial charge in [-0.25, -0.2) is 15.0 Å². The van der Waals surface area contributed by atoms with Gasteiger partial charge in [0.1, 0.15) is 6.33 Å². The molecule has 2 aromatic carbocycles. The van der Waals surface area contributed by atoms with Gasteiger partial charge in [-0.2, -0.15) is 0 Å². The molecule has 0 amide bonds. The molecule has 9 nitrogen and oxygen atoms in total. The fourth-order valence-electron chi connectivity index (χ4n) is 4.11. The van der Waals surface area contributed by atoms with Gasteiger partial charge in [0.15, 0.2) is 33.6 Å². The molecule has 4 aromatic rings. The summed E-state index contributed by atoms with van der Waals surface area (Å²) in [6.45, 7) is 6.17. The van der Waals surface area contributed by atoms with Crippen LogP contribution in [0.3, 0.4) is 0 Å². The van der Waals surface area contributed by atoms with Gasteiger partial charge in [0.2, 0.25) is 6.79 Å². The number of nitrogens with zero attached hydrogens (tertiary/aromatic N) is 5. The maximum absolute atomic E-state index is 6.17.